The summed E-state index contributed by atoms with van der Waals surface area (Å²) in [4.78, 5) is 19.1. The van der Waals surface area contributed by atoms with Gasteiger partial charge in [-0.1, -0.05) is 30.3 Å². The number of aromatic nitrogens is 2. The monoisotopic (exact) mass is 360 g/mol. The molecule has 1 aliphatic rings. The third kappa shape index (κ3) is 4.26. The van der Waals surface area contributed by atoms with Crippen LogP contribution in [0.3, 0.4) is 0 Å². The van der Waals surface area contributed by atoms with E-state index in [1.807, 2.05) is 47.2 Å². The van der Waals surface area contributed by atoms with E-state index in [0.29, 0.717) is 12.1 Å². The average molecular weight is 360 g/mol. The van der Waals surface area contributed by atoms with Crippen molar-refractivity contribution in [1.29, 1.82) is 0 Å². The van der Waals surface area contributed by atoms with Crippen molar-refractivity contribution in [1.82, 2.24) is 19.8 Å². The van der Waals surface area contributed by atoms with Gasteiger partial charge in [0, 0.05) is 31.0 Å². The Morgan fingerprint density at radius 1 is 1.04 bits per heavy atom. The third-order valence-electron chi connectivity index (χ3n) is 5.03. The molecule has 4 rings (SSSR count). The fraction of sp³-hybridized carbons (Fsp3) is 0.273. The number of hydrogen-bond acceptors (Lipinski definition) is 3. The fourth-order valence-corrected chi connectivity index (χ4v) is 3.55. The molecule has 0 aliphatic carbocycles. The number of nitrogens with one attached hydrogen (secondary N) is 1. The Kier molecular flexibility index (Phi) is 5.30. The van der Waals surface area contributed by atoms with Crippen LogP contribution in [0.15, 0.2) is 67.3 Å². The molecule has 1 fully saturated rings. The molecule has 0 unspecified atom stereocenters. The highest BCUT2D eigenvalue weighted by atomic mass is 16.1. The van der Waals surface area contributed by atoms with E-state index in [2.05, 4.69) is 27.3 Å². The summed E-state index contributed by atoms with van der Waals surface area (Å²) < 4.78 is 1.95. The molecule has 2 aromatic carbocycles. The van der Waals surface area contributed by atoms with Crippen LogP contribution in [0.5, 0.6) is 0 Å². The molecule has 1 N–H and O–H groups in total. The predicted octanol–water partition coefficient (Wildman–Crippen LogP) is 3.40. The van der Waals surface area contributed by atoms with Crippen molar-refractivity contribution in [3.63, 3.8) is 0 Å². The molecule has 1 saturated heterocycles. The summed E-state index contributed by atoms with van der Waals surface area (Å²) in [5, 5.41) is 3.03. The first-order chi connectivity index (χ1) is 13.3. The summed E-state index contributed by atoms with van der Waals surface area (Å²) >= 11 is 0. The largest absolute Gasteiger partial charge is 0.348 e. The van der Waals surface area contributed by atoms with E-state index in [9.17, 15) is 4.79 Å². The molecule has 0 spiro atoms. The van der Waals surface area contributed by atoms with Crippen LogP contribution in [0, 0.1) is 0 Å². The maximum absolute atomic E-state index is 12.5. The number of imidazole rings is 1. The van der Waals surface area contributed by atoms with E-state index in [-0.39, 0.29) is 5.91 Å². The van der Waals surface area contributed by atoms with Crippen molar-refractivity contribution >= 4 is 5.91 Å². The van der Waals surface area contributed by atoms with E-state index in [4.69, 9.17) is 0 Å². The SMILES string of the molecule is O=C(NCc1ccccc1-n1ccnc1)c1ccc(CN2CCCC2)cc1. The highest BCUT2D eigenvalue weighted by Crippen LogP contribution is 2.15. The molecule has 3 aromatic rings. The number of benzene rings is 2. The summed E-state index contributed by atoms with van der Waals surface area (Å²) in [5.41, 5.74) is 4.03. The molecule has 0 radical (unpaired) electrons. The number of para-hydroxylation sites is 1. The van der Waals surface area contributed by atoms with E-state index in [0.717, 1.165) is 17.8 Å². The van der Waals surface area contributed by atoms with E-state index >= 15 is 0 Å². The summed E-state index contributed by atoms with van der Waals surface area (Å²) in [5.74, 6) is -0.0526. The van der Waals surface area contributed by atoms with Crippen molar-refractivity contribution in [3.05, 3.63) is 83.9 Å². The second-order valence-electron chi connectivity index (χ2n) is 6.96. The summed E-state index contributed by atoms with van der Waals surface area (Å²) in [7, 11) is 0. The van der Waals surface area contributed by atoms with Crippen molar-refractivity contribution in [2.24, 2.45) is 0 Å². The second kappa shape index (κ2) is 8.18. The summed E-state index contributed by atoms with van der Waals surface area (Å²) in [6.07, 6.45) is 8.00. The quantitative estimate of drug-likeness (QED) is 0.733. The molecule has 1 aliphatic heterocycles. The first-order valence-electron chi connectivity index (χ1n) is 9.45. The number of nitrogens with zero attached hydrogens (tertiary/aromatic N) is 3. The summed E-state index contributed by atoms with van der Waals surface area (Å²) in [6, 6.07) is 16.0. The molecule has 2 heterocycles. The van der Waals surface area contributed by atoms with E-state index in [1.165, 1.54) is 31.5 Å². The maximum Gasteiger partial charge on any atom is 0.251 e. The molecule has 0 saturated carbocycles. The standard InChI is InChI=1S/C22H24N4O/c27-22(19-9-7-18(8-10-19)16-25-12-3-4-13-25)24-15-20-5-1-2-6-21(20)26-14-11-23-17-26/h1-2,5-11,14,17H,3-4,12-13,15-16H2,(H,24,27). The third-order valence-corrected chi connectivity index (χ3v) is 5.03. The number of amides is 1. The minimum absolute atomic E-state index is 0.0526. The second-order valence-corrected chi connectivity index (χ2v) is 6.96. The zero-order valence-corrected chi connectivity index (χ0v) is 15.3. The maximum atomic E-state index is 12.5. The average Bonchev–Trinajstić information content (AvgIpc) is 3.41. The molecule has 138 valence electrons. The van der Waals surface area contributed by atoms with Crippen LogP contribution in [-0.2, 0) is 13.1 Å². The highest BCUT2D eigenvalue weighted by Gasteiger charge is 2.12. The van der Waals surface area contributed by atoms with Gasteiger partial charge in [-0.3, -0.25) is 9.69 Å². The van der Waals surface area contributed by atoms with Gasteiger partial charge in [-0.05, 0) is 55.3 Å². The highest BCUT2D eigenvalue weighted by molar-refractivity contribution is 5.94. The number of carbonyl (C=O) groups is 1. The minimum atomic E-state index is -0.0526. The van der Waals surface area contributed by atoms with Gasteiger partial charge in [0.05, 0.1) is 12.0 Å². The van der Waals surface area contributed by atoms with Gasteiger partial charge in [-0.15, -0.1) is 0 Å². The lowest BCUT2D eigenvalue weighted by Gasteiger charge is -2.15. The van der Waals surface area contributed by atoms with Gasteiger partial charge in [0.15, 0.2) is 0 Å². The minimum Gasteiger partial charge on any atom is -0.348 e. The fourth-order valence-electron chi connectivity index (χ4n) is 3.55. The Hall–Kier alpha value is -2.92. The zero-order valence-electron chi connectivity index (χ0n) is 15.3. The molecule has 5 heteroatoms. The molecular formula is C22H24N4O. The van der Waals surface area contributed by atoms with Crippen LogP contribution in [0.1, 0.15) is 34.3 Å². The molecule has 0 bridgehead atoms. The zero-order chi connectivity index (χ0) is 18.5. The lowest BCUT2D eigenvalue weighted by atomic mass is 10.1. The van der Waals surface area contributed by atoms with Crippen LogP contribution >= 0.6 is 0 Å². The lowest BCUT2D eigenvalue weighted by Crippen LogP contribution is -2.23. The van der Waals surface area contributed by atoms with Crippen molar-refractivity contribution in [2.75, 3.05) is 13.1 Å². The van der Waals surface area contributed by atoms with Crippen LogP contribution in [0.2, 0.25) is 0 Å². The summed E-state index contributed by atoms with van der Waals surface area (Å²) in [6.45, 7) is 3.81. The first kappa shape index (κ1) is 17.5. The van der Waals surface area contributed by atoms with Crippen LogP contribution in [0.4, 0.5) is 0 Å². The Morgan fingerprint density at radius 2 is 1.81 bits per heavy atom. The Balaban J connectivity index is 1.38. The number of hydrogen-bond donors (Lipinski definition) is 1. The van der Waals surface area contributed by atoms with E-state index in [1.54, 1.807) is 12.5 Å². The van der Waals surface area contributed by atoms with Gasteiger partial charge in [-0.2, -0.15) is 0 Å². The Bertz CT molecular complexity index is 881. The van der Waals surface area contributed by atoms with Crippen LogP contribution < -0.4 is 5.32 Å². The molecule has 5 nitrogen and oxygen atoms in total. The van der Waals surface area contributed by atoms with Crippen LogP contribution in [-0.4, -0.2) is 33.4 Å². The van der Waals surface area contributed by atoms with Gasteiger partial charge < -0.3 is 9.88 Å². The molecular weight excluding hydrogens is 336 g/mol. The number of carbonyl (C=O) groups excluding carboxylic acids is 1. The molecule has 0 atom stereocenters. The van der Waals surface area contributed by atoms with Gasteiger partial charge in [-0.25, -0.2) is 4.98 Å². The normalized spacial score (nSPS) is 14.4. The molecule has 1 amide bonds. The molecule has 1 aromatic heterocycles. The topological polar surface area (TPSA) is 50.2 Å². The van der Waals surface area contributed by atoms with Crippen molar-refractivity contribution in [3.8, 4) is 5.69 Å². The van der Waals surface area contributed by atoms with Gasteiger partial charge in [0.2, 0.25) is 0 Å². The number of rotatable bonds is 6. The van der Waals surface area contributed by atoms with Crippen molar-refractivity contribution in [2.45, 2.75) is 25.9 Å². The van der Waals surface area contributed by atoms with Crippen LogP contribution in [0.25, 0.3) is 5.69 Å². The van der Waals surface area contributed by atoms with Crippen molar-refractivity contribution < 1.29 is 4.79 Å². The van der Waals surface area contributed by atoms with E-state index < -0.39 is 0 Å². The Morgan fingerprint density at radius 3 is 2.56 bits per heavy atom. The van der Waals surface area contributed by atoms with Gasteiger partial charge >= 0.3 is 0 Å². The molecule has 27 heavy (non-hydrogen) atoms. The Labute approximate surface area is 159 Å². The van der Waals surface area contributed by atoms with Gasteiger partial charge in [0.1, 0.15) is 0 Å². The lowest BCUT2D eigenvalue weighted by molar-refractivity contribution is 0.0951. The predicted molar refractivity (Wildman–Crippen MR) is 106 cm³/mol. The van der Waals surface area contributed by atoms with Gasteiger partial charge in [0.25, 0.3) is 5.91 Å². The smallest absolute Gasteiger partial charge is 0.251 e. The number of likely N-dealkylation sites (tertiary alicyclic amines) is 1. The first-order valence-corrected chi connectivity index (χ1v) is 9.45.